The summed E-state index contributed by atoms with van der Waals surface area (Å²) in [7, 11) is -3.47. The van der Waals surface area contributed by atoms with Gasteiger partial charge in [-0.3, -0.25) is 4.90 Å². The highest BCUT2D eigenvalue weighted by Gasteiger charge is 2.26. The summed E-state index contributed by atoms with van der Waals surface area (Å²) in [6.45, 7) is 6.84. The molecule has 1 atom stereocenters. The van der Waals surface area contributed by atoms with Crippen molar-refractivity contribution in [1.29, 1.82) is 0 Å². The molecule has 6 nitrogen and oxygen atoms in total. The summed E-state index contributed by atoms with van der Waals surface area (Å²) in [6.07, 6.45) is 5.10. The number of nitrogens with one attached hydrogen (secondary N) is 2. The van der Waals surface area contributed by atoms with Gasteiger partial charge in [0.05, 0.1) is 12.5 Å². The fourth-order valence-corrected chi connectivity index (χ4v) is 3.48. The highest BCUT2D eigenvalue weighted by Crippen LogP contribution is 2.17. The maximum atomic E-state index is 12.0. The smallest absolute Gasteiger partial charge is 0.257 e. The number of hydrogen-bond donors (Lipinski definition) is 2. The molecule has 1 fully saturated rings. The number of aromatic amines is 1. The second kappa shape index (κ2) is 6.02. The Bertz CT molecular complexity index is 478. The molecule has 0 aromatic carbocycles. The molecule has 0 aliphatic carbocycles. The topological polar surface area (TPSA) is 78.1 Å². The average Bonchev–Trinajstić information content (AvgIpc) is 3.02. The molecule has 19 heavy (non-hydrogen) atoms. The minimum atomic E-state index is -3.47. The summed E-state index contributed by atoms with van der Waals surface area (Å²) < 4.78 is 26.7. The van der Waals surface area contributed by atoms with Crippen molar-refractivity contribution in [2.75, 3.05) is 19.6 Å². The van der Waals surface area contributed by atoms with E-state index < -0.39 is 10.0 Å². The zero-order chi connectivity index (χ0) is 13.9. The largest absolute Gasteiger partial charge is 0.335 e. The molecule has 1 aliphatic rings. The van der Waals surface area contributed by atoms with Crippen molar-refractivity contribution in [2.24, 2.45) is 5.92 Å². The van der Waals surface area contributed by atoms with Crippen LogP contribution in [0.1, 0.15) is 26.7 Å². The first kappa shape index (κ1) is 14.5. The molecule has 0 radical (unpaired) electrons. The molecule has 1 aromatic heterocycles. The van der Waals surface area contributed by atoms with Crippen molar-refractivity contribution in [3.63, 3.8) is 0 Å². The molecule has 1 aliphatic heterocycles. The van der Waals surface area contributed by atoms with Crippen molar-refractivity contribution < 1.29 is 8.42 Å². The first-order valence-electron chi connectivity index (χ1n) is 6.73. The van der Waals surface area contributed by atoms with Crippen LogP contribution in [0.3, 0.4) is 0 Å². The van der Waals surface area contributed by atoms with E-state index in [-0.39, 0.29) is 11.1 Å². The van der Waals surface area contributed by atoms with Crippen LogP contribution in [0.5, 0.6) is 0 Å². The Morgan fingerprint density at radius 2 is 2.11 bits per heavy atom. The van der Waals surface area contributed by atoms with Gasteiger partial charge < -0.3 is 4.98 Å². The van der Waals surface area contributed by atoms with Crippen LogP contribution < -0.4 is 4.72 Å². The third-order valence-electron chi connectivity index (χ3n) is 3.62. The fourth-order valence-electron chi connectivity index (χ4n) is 2.52. The molecule has 0 bridgehead atoms. The Kier molecular flexibility index (Phi) is 4.59. The Labute approximate surface area is 114 Å². The summed E-state index contributed by atoms with van der Waals surface area (Å²) in [5.74, 6) is 0.419. The van der Waals surface area contributed by atoms with Gasteiger partial charge in [0.15, 0.2) is 5.03 Å². The van der Waals surface area contributed by atoms with Gasteiger partial charge in [0.2, 0.25) is 0 Å². The van der Waals surface area contributed by atoms with Crippen LogP contribution in [0.15, 0.2) is 17.6 Å². The van der Waals surface area contributed by atoms with Gasteiger partial charge in [-0.25, -0.2) is 18.1 Å². The number of likely N-dealkylation sites (tertiary alicyclic amines) is 1. The second-order valence-electron chi connectivity index (χ2n) is 5.32. The van der Waals surface area contributed by atoms with E-state index in [0.29, 0.717) is 12.5 Å². The lowest BCUT2D eigenvalue weighted by molar-refractivity contribution is 0.193. The van der Waals surface area contributed by atoms with Crippen LogP contribution in [0.2, 0.25) is 0 Å². The number of sulfonamides is 1. The number of rotatable bonds is 6. The van der Waals surface area contributed by atoms with Crippen molar-refractivity contribution in [3.05, 3.63) is 12.5 Å². The average molecular weight is 286 g/mol. The number of imidazole rings is 1. The number of hydrogen-bond acceptors (Lipinski definition) is 4. The van der Waals surface area contributed by atoms with E-state index in [2.05, 4.69) is 33.4 Å². The Balaban J connectivity index is 1.99. The fraction of sp³-hybridized carbons (Fsp3) is 0.750. The van der Waals surface area contributed by atoms with E-state index in [1.165, 1.54) is 25.4 Å². The molecule has 0 spiro atoms. The predicted octanol–water partition coefficient (Wildman–Crippen LogP) is 0.808. The zero-order valence-electron chi connectivity index (χ0n) is 11.5. The minimum Gasteiger partial charge on any atom is -0.335 e. The maximum absolute atomic E-state index is 12.0. The molecule has 1 unspecified atom stereocenters. The molecule has 7 heteroatoms. The summed E-state index contributed by atoms with van der Waals surface area (Å²) in [4.78, 5) is 8.74. The Hall–Kier alpha value is -0.920. The molecular formula is C12H22N4O2S. The summed E-state index contributed by atoms with van der Waals surface area (Å²) in [5, 5.41) is 0.122. The first-order valence-corrected chi connectivity index (χ1v) is 8.21. The molecule has 108 valence electrons. The first-order chi connectivity index (χ1) is 9.00. The van der Waals surface area contributed by atoms with Crippen molar-refractivity contribution >= 4 is 10.0 Å². The van der Waals surface area contributed by atoms with E-state index in [4.69, 9.17) is 0 Å². The lowest BCUT2D eigenvalue weighted by atomic mass is 10.0. The van der Waals surface area contributed by atoms with E-state index in [1.807, 2.05) is 0 Å². The molecule has 1 saturated heterocycles. The molecule has 2 N–H and O–H groups in total. The van der Waals surface area contributed by atoms with Gasteiger partial charge in [-0.2, -0.15) is 0 Å². The molecule has 1 aromatic rings. The van der Waals surface area contributed by atoms with Crippen molar-refractivity contribution in [2.45, 2.75) is 37.8 Å². The third kappa shape index (κ3) is 3.55. The van der Waals surface area contributed by atoms with Gasteiger partial charge in [-0.1, -0.05) is 13.8 Å². The number of aromatic nitrogens is 2. The van der Waals surface area contributed by atoms with Crippen LogP contribution >= 0.6 is 0 Å². The Morgan fingerprint density at radius 3 is 2.63 bits per heavy atom. The van der Waals surface area contributed by atoms with Gasteiger partial charge in [-0.15, -0.1) is 0 Å². The predicted molar refractivity (Wildman–Crippen MR) is 73.2 cm³/mol. The molecule has 2 heterocycles. The zero-order valence-corrected chi connectivity index (χ0v) is 12.3. The van der Waals surface area contributed by atoms with E-state index >= 15 is 0 Å². The molecule has 0 saturated carbocycles. The van der Waals surface area contributed by atoms with E-state index in [0.717, 1.165) is 13.1 Å². The van der Waals surface area contributed by atoms with Gasteiger partial charge in [0, 0.05) is 12.6 Å². The molecule has 0 amide bonds. The van der Waals surface area contributed by atoms with Gasteiger partial charge in [-0.05, 0) is 31.8 Å². The minimum absolute atomic E-state index is 0.122. The van der Waals surface area contributed by atoms with E-state index in [9.17, 15) is 8.42 Å². The standard InChI is InChI=1S/C12H22N4O2S/c1-10(2)11(16-5-3-4-6-16)7-15-19(17,18)12-8-13-9-14-12/h8-11,15H,3-7H2,1-2H3,(H,13,14). The molecule has 2 rings (SSSR count). The highest BCUT2D eigenvalue weighted by atomic mass is 32.2. The molecular weight excluding hydrogens is 264 g/mol. The van der Waals surface area contributed by atoms with E-state index in [1.54, 1.807) is 0 Å². The number of nitrogens with zero attached hydrogens (tertiary/aromatic N) is 2. The summed E-state index contributed by atoms with van der Waals surface area (Å²) in [6, 6.07) is 0.250. The van der Waals surface area contributed by atoms with Gasteiger partial charge >= 0.3 is 0 Å². The van der Waals surface area contributed by atoms with Crippen LogP contribution in [0.25, 0.3) is 0 Å². The maximum Gasteiger partial charge on any atom is 0.257 e. The second-order valence-corrected chi connectivity index (χ2v) is 7.06. The van der Waals surface area contributed by atoms with Gasteiger partial charge in [0.1, 0.15) is 0 Å². The van der Waals surface area contributed by atoms with Crippen molar-refractivity contribution in [1.82, 2.24) is 19.6 Å². The van der Waals surface area contributed by atoms with Crippen LogP contribution in [0.4, 0.5) is 0 Å². The monoisotopic (exact) mass is 286 g/mol. The summed E-state index contributed by atoms with van der Waals surface area (Å²) in [5.41, 5.74) is 0. The summed E-state index contributed by atoms with van der Waals surface area (Å²) >= 11 is 0. The van der Waals surface area contributed by atoms with Crippen molar-refractivity contribution in [3.8, 4) is 0 Å². The van der Waals surface area contributed by atoms with Crippen LogP contribution in [0, 0.1) is 5.92 Å². The quantitative estimate of drug-likeness (QED) is 0.811. The number of H-pyrrole nitrogens is 1. The SMILES string of the molecule is CC(C)C(CNS(=O)(=O)c1cnc[nH]1)N1CCCC1. The highest BCUT2D eigenvalue weighted by molar-refractivity contribution is 7.89. The third-order valence-corrected chi connectivity index (χ3v) is 4.97. The van der Waals surface area contributed by atoms with Crippen LogP contribution in [-0.2, 0) is 10.0 Å². The Morgan fingerprint density at radius 1 is 1.42 bits per heavy atom. The lowest BCUT2D eigenvalue weighted by Crippen LogP contribution is -2.45. The van der Waals surface area contributed by atoms with Crippen LogP contribution in [-0.4, -0.2) is 49.0 Å². The normalized spacial score (nSPS) is 19.1. The van der Waals surface area contributed by atoms with Gasteiger partial charge in [0.25, 0.3) is 10.0 Å². The lowest BCUT2D eigenvalue weighted by Gasteiger charge is -2.30.